The van der Waals surface area contributed by atoms with Gasteiger partial charge in [0.1, 0.15) is 11.4 Å². The molecule has 0 aliphatic rings. The molecule has 120 valence electrons. The van der Waals surface area contributed by atoms with E-state index in [1.54, 1.807) is 7.11 Å². The summed E-state index contributed by atoms with van der Waals surface area (Å²) in [5.74, 6) is 0.684. The number of aromatic amines is 1. The van der Waals surface area contributed by atoms with E-state index in [2.05, 4.69) is 36.1 Å². The summed E-state index contributed by atoms with van der Waals surface area (Å²) < 4.78 is 5.45. The van der Waals surface area contributed by atoms with E-state index in [0.717, 1.165) is 17.9 Å². The molecule has 21 heavy (non-hydrogen) atoms. The number of imidazole rings is 1. The number of H-pyrrole nitrogens is 1. The highest BCUT2D eigenvalue weighted by Gasteiger charge is 2.37. The van der Waals surface area contributed by atoms with Crippen LogP contribution in [0.4, 0.5) is 0 Å². The molecule has 0 aliphatic carbocycles. The molecule has 0 saturated carbocycles. The lowest BCUT2D eigenvalue weighted by Gasteiger charge is -2.34. The topological polar surface area (TPSA) is 67.0 Å². The molecule has 2 atom stereocenters. The summed E-state index contributed by atoms with van der Waals surface area (Å²) >= 11 is 0. The summed E-state index contributed by atoms with van der Waals surface area (Å²) in [6, 6.07) is -0.190. The van der Waals surface area contributed by atoms with Gasteiger partial charge in [0.15, 0.2) is 0 Å². The second kappa shape index (κ2) is 6.60. The Morgan fingerprint density at radius 2 is 2.05 bits per heavy atom. The molecule has 0 fully saturated rings. The minimum Gasteiger partial charge on any atom is -0.369 e. The number of carbonyl (C=O) groups excluding carboxylic acids is 1. The van der Waals surface area contributed by atoms with Gasteiger partial charge in [0.05, 0.1) is 11.7 Å². The van der Waals surface area contributed by atoms with E-state index in [9.17, 15) is 4.79 Å². The summed E-state index contributed by atoms with van der Waals surface area (Å²) in [6.07, 6.45) is 3.42. The predicted molar refractivity (Wildman–Crippen MR) is 84.0 cm³/mol. The highest BCUT2D eigenvalue weighted by molar-refractivity contribution is 5.85. The van der Waals surface area contributed by atoms with Crippen LogP contribution in [0.3, 0.4) is 0 Å². The van der Waals surface area contributed by atoms with Gasteiger partial charge in [-0.3, -0.25) is 4.79 Å². The second-order valence-corrected chi connectivity index (χ2v) is 6.88. The Morgan fingerprint density at radius 3 is 2.43 bits per heavy atom. The van der Waals surface area contributed by atoms with Gasteiger partial charge < -0.3 is 15.0 Å². The number of nitrogens with one attached hydrogen (secondary N) is 2. The van der Waals surface area contributed by atoms with Gasteiger partial charge in [0, 0.05) is 13.3 Å². The molecular formula is C16H29N3O2. The first-order valence-corrected chi connectivity index (χ1v) is 7.52. The monoisotopic (exact) mass is 295 g/mol. The van der Waals surface area contributed by atoms with Gasteiger partial charge in [-0.1, -0.05) is 34.1 Å². The Hall–Kier alpha value is -1.36. The molecule has 5 nitrogen and oxygen atoms in total. The predicted octanol–water partition coefficient (Wildman–Crippen LogP) is 3.13. The van der Waals surface area contributed by atoms with Gasteiger partial charge in [-0.15, -0.1) is 0 Å². The number of carbonyl (C=O) groups is 1. The first kappa shape index (κ1) is 17.7. The maximum Gasteiger partial charge on any atom is 0.252 e. The average Bonchev–Trinajstić information content (AvgIpc) is 2.80. The third-order valence-electron chi connectivity index (χ3n) is 3.80. The van der Waals surface area contributed by atoms with E-state index in [1.165, 1.54) is 0 Å². The molecule has 1 rings (SSSR count). The summed E-state index contributed by atoms with van der Waals surface area (Å²) in [6.45, 7) is 12.1. The fourth-order valence-corrected chi connectivity index (χ4v) is 2.34. The minimum atomic E-state index is -0.806. The van der Waals surface area contributed by atoms with Gasteiger partial charge in [-0.05, 0) is 25.7 Å². The normalized spacial score (nSPS) is 16.3. The molecule has 0 aromatic carbocycles. The third kappa shape index (κ3) is 4.30. The molecular weight excluding hydrogens is 266 g/mol. The number of methoxy groups -OCH3 is 1. The largest absolute Gasteiger partial charge is 0.369 e. The van der Waals surface area contributed by atoms with Crippen molar-refractivity contribution in [3.8, 4) is 0 Å². The van der Waals surface area contributed by atoms with Crippen molar-refractivity contribution < 1.29 is 9.53 Å². The van der Waals surface area contributed by atoms with Crippen LogP contribution in [-0.4, -0.2) is 28.6 Å². The van der Waals surface area contributed by atoms with Crippen molar-refractivity contribution in [1.29, 1.82) is 0 Å². The quantitative estimate of drug-likeness (QED) is 0.847. The number of ether oxygens (including phenoxy) is 1. The van der Waals surface area contributed by atoms with Crippen LogP contribution in [0.1, 0.15) is 65.0 Å². The van der Waals surface area contributed by atoms with Crippen molar-refractivity contribution in [2.45, 2.75) is 66.0 Å². The van der Waals surface area contributed by atoms with E-state index in [-0.39, 0.29) is 17.4 Å². The fourth-order valence-electron chi connectivity index (χ4n) is 2.34. The minimum absolute atomic E-state index is 0.0965. The summed E-state index contributed by atoms with van der Waals surface area (Å²) in [4.78, 5) is 20.3. The molecule has 0 spiro atoms. The van der Waals surface area contributed by atoms with Crippen molar-refractivity contribution in [1.82, 2.24) is 15.3 Å². The van der Waals surface area contributed by atoms with Crippen LogP contribution < -0.4 is 5.32 Å². The molecule has 0 saturated heterocycles. The van der Waals surface area contributed by atoms with Crippen LogP contribution in [0.25, 0.3) is 0 Å². The number of aryl methyl sites for hydroxylation is 1. The third-order valence-corrected chi connectivity index (χ3v) is 3.80. The maximum absolute atomic E-state index is 12.6. The lowest BCUT2D eigenvalue weighted by Crippen LogP contribution is -2.49. The molecule has 2 N–H and O–H groups in total. The van der Waals surface area contributed by atoms with Gasteiger partial charge in [-0.25, -0.2) is 4.98 Å². The Balaban J connectivity index is 3.00. The first-order chi connectivity index (χ1) is 9.64. The average molecular weight is 295 g/mol. The first-order valence-electron chi connectivity index (χ1n) is 7.52. The molecule has 1 aromatic rings. The number of hydrogen-bond acceptors (Lipinski definition) is 3. The van der Waals surface area contributed by atoms with Crippen molar-refractivity contribution in [2.75, 3.05) is 7.11 Å². The zero-order chi connectivity index (χ0) is 16.3. The molecule has 1 aromatic heterocycles. The highest BCUT2D eigenvalue weighted by Crippen LogP contribution is 2.32. The zero-order valence-electron chi connectivity index (χ0n) is 14.3. The molecule has 0 aliphatic heterocycles. The smallest absolute Gasteiger partial charge is 0.252 e. The summed E-state index contributed by atoms with van der Waals surface area (Å²) in [5.41, 5.74) is -0.0442. The van der Waals surface area contributed by atoms with Gasteiger partial charge in [0.2, 0.25) is 0 Å². The highest BCUT2D eigenvalue weighted by atomic mass is 16.5. The van der Waals surface area contributed by atoms with Crippen LogP contribution in [0.2, 0.25) is 0 Å². The van der Waals surface area contributed by atoms with Crippen LogP contribution in [0.15, 0.2) is 6.20 Å². The lowest BCUT2D eigenvalue weighted by atomic mass is 9.85. The molecule has 1 heterocycles. The van der Waals surface area contributed by atoms with Crippen LogP contribution in [0, 0.1) is 12.3 Å². The molecule has 0 bridgehead atoms. The van der Waals surface area contributed by atoms with Gasteiger partial charge >= 0.3 is 0 Å². The fraction of sp³-hybridized carbons (Fsp3) is 0.750. The standard InChI is InChI=1S/C16H29N3O2/c1-8-9-16(6,21-7)14(20)19-12(15(3,4)5)13-17-10-11(2)18-13/h10,12H,8-9H2,1-7H3,(H,17,18)(H,19,20)/t12-,16?/m1/s1. The van der Waals surface area contributed by atoms with E-state index in [1.807, 2.05) is 27.0 Å². The number of nitrogens with zero attached hydrogens (tertiary/aromatic N) is 1. The van der Waals surface area contributed by atoms with Crippen molar-refractivity contribution >= 4 is 5.91 Å². The Kier molecular flexibility index (Phi) is 5.56. The van der Waals surface area contributed by atoms with Crippen molar-refractivity contribution in [2.24, 2.45) is 5.41 Å². The zero-order valence-corrected chi connectivity index (χ0v) is 14.3. The lowest BCUT2D eigenvalue weighted by molar-refractivity contribution is -0.144. The van der Waals surface area contributed by atoms with Gasteiger partial charge in [-0.2, -0.15) is 0 Å². The second-order valence-electron chi connectivity index (χ2n) is 6.88. The van der Waals surface area contributed by atoms with Crippen molar-refractivity contribution in [3.05, 3.63) is 17.7 Å². The number of amides is 1. The number of hydrogen-bond donors (Lipinski definition) is 2. The van der Waals surface area contributed by atoms with Gasteiger partial charge in [0.25, 0.3) is 5.91 Å². The van der Waals surface area contributed by atoms with Crippen LogP contribution in [0.5, 0.6) is 0 Å². The number of rotatable bonds is 6. The summed E-state index contributed by atoms with van der Waals surface area (Å²) in [5, 5.41) is 3.11. The Labute approximate surface area is 127 Å². The molecule has 1 unspecified atom stereocenters. The Bertz CT molecular complexity index is 476. The van der Waals surface area contributed by atoms with Crippen LogP contribution >= 0.6 is 0 Å². The van der Waals surface area contributed by atoms with E-state index < -0.39 is 5.60 Å². The van der Waals surface area contributed by atoms with Crippen LogP contribution in [-0.2, 0) is 9.53 Å². The van der Waals surface area contributed by atoms with E-state index in [0.29, 0.717) is 6.42 Å². The molecule has 1 amide bonds. The number of aromatic nitrogens is 2. The van der Waals surface area contributed by atoms with E-state index >= 15 is 0 Å². The van der Waals surface area contributed by atoms with E-state index in [4.69, 9.17) is 4.74 Å². The summed E-state index contributed by atoms with van der Waals surface area (Å²) in [7, 11) is 1.58. The SMILES string of the molecule is CCCC(C)(OC)C(=O)N[C@H](c1nc(C)c[nH]1)C(C)(C)C. The van der Waals surface area contributed by atoms with Crippen molar-refractivity contribution in [3.63, 3.8) is 0 Å². The Morgan fingerprint density at radius 1 is 1.43 bits per heavy atom. The molecule has 5 heteroatoms. The molecule has 0 radical (unpaired) electrons. The maximum atomic E-state index is 12.6.